The fourth-order valence-corrected chi connectivity index (χ4v) is 8.44. The van der Waals surface area contributed by atoms with Crippen LogP contribution in [0.1, 0.15) is 0 Å². The maximum atomic E-state index is 12.1. The molecule has 32 heavy (non-hydrogen) atoms. The first kappa shape index (κ1) is 24.8. The first-order valence-corrected chi connectivity index (χ1v) is 13.4. The first-order chi connectivity index (χ1) is 15.1. The Kier molecular flexibility index (Phi) is 7.73. The van der Waals surface area contributed by atoms with Gasteiger partial charge in [0.15, 0.2) is 8.42 Å². The van der Waals surface area contributed by atoms with Crippen LogP contribution in [0.2, 0.25) is 8.67 Å². The van der Waals surface area contributed by atoms with E-state index in [0.717, 1.165) is 33.5 Å². The summed E-state index contributed by atoms with van der Waals surface area (Å²) in [5.41, 5.74) is -0.360. The van der Waals surface area contributed by atoms with Gasteiger partial charge in [0.05, 0.1) is 31.4 Å². The highest BCUT2D eigenvalue weighted by Gasteiger charge is 2.37. The molecule has 3 rings (SSSR count). The smallest absolute Gasteiger partial charge is 0.321 e. The van der Waals surface area contributed by atoms with E-state index in [0.29, 0.717) is 0 Å². The molecule has 1 aliphatic heterocycles. The fourth-order valence-electron chi connectivity index (χ4n) is 3.18. The first-order valence-electron chi connectivity index (χ1n) is 8.61. The molecule has 2 aromatic rings. The molecule has 0 spiro atoms. The number of thiophene rings is 2. The van der Waals surface area contributed by atoms with E-state index >= 15 is 0 Å². The molecule has 1 saturated heterocycles. The average Bonchev–Trinajstić information content (AvgIpc) is 3.30. The predicted molar refractivity (Wildman–Crippen MR) is 130 cm³/mol. The highest BCUT2D eigenvalue weighted by molar-refractivity contribution is 7.90. The van der Waals surface area contributed by atoms with Crippen molar-refractivity contribution in [3.05, 3.63) is 52.9 Å². The van der Waals surface area contributed by atoms with Crippen molar-refractivity contribution in [2.24, 2.45) is 0 Å². The second-order valence-corrected chi connectivity index (χ2v) is 12.6. The van der Waals surface area contributed by atoms with Crippen LogP contribution in [0, 0.1) is 20.2 Å². The summed E-state index contributed by atoms with van der Waals surface area (Å²) in [6.07, 6.45) is 0. The minimum Gasteiger partial charge on any atom is -0.360 e. The van der Waals surface area contributed by atoms with E-state index in [1.165, 1.54) is 0 Å². The number of piperazine rings is 1. The van der Waals surface area contributed by atoms with Crippen molar-refractivity contribution in [1.29, 1.82) is 0 Å². The van der Waals surface area contributed by atoms with Gasteiger partial charge in [-0.25, -0.2) is 8.42 Å². The van der Waals surface area contributed by atoms with E-state index in [9.17, 15) is 28.6 Å². The third-order valence-electron chi connectivity index (χ3n) is 4.52. The van der Waals surface area contributed by atoms with Gasteiger partial charge in [-0.05, 0) is 0 Å². The quantitative estimate of drug-likeness (QED) is 0.336. The molecule has 0 N–H and O–H groups in total. The van der Waals surface area contributed by atoms with Gasteiger partial charge < -0.3 is 9.80 Å². The summed E-state index contributed by atoms with van der Waals surface area (Å²) < 4.78 is 24.5. The molecular weight excluding hydrogens is 543 g/mol. The lowest BCUT2D eigenvalue weighted by atomic mass is 10.2. The molecule has 0 radical (unpaired) electrons. The highest BCUT2D eigenvalue weighted by atomic mass is 35.5. The van der Waals surface area contributed by atoms with Crippen LogP contribution in [0.3, 0.4) is 0 Å². The second kappa shape index (κ2) is 9.97. The number of hydrogen-bond acceptors (Lipinski definition) is 10. The average molecular weight is 557 g/mol. The molecule has 16 heteroatoms. The Bertz CT molecular complexity index is 1080. The van der Waals surface area contributed by atoms with Gasteiger partial charge in [-0.2, -0.15) is 0 Å². The molecule has 1 aliphatic rings. The molecule has 2 atom stereocenters. The zero-order valence-corrected chi connectivity index (χ0v) is 20.8. The van der Waals surface area contributed by atoms with Crippen molar-refractivity contribution in [2.75, 3.05) is 36.0 Å². The number of halogens is 2. The van der Waals surface area contributed by atoms with Crippen molar-refractivity contribution in [2.45, 2.75) is 8.42 Å². The Labute approximate surface area is 204 Å². The van der Waals surface area contributed by atoms with Crippen molar-refractivity contribution >= 4 is 90.2 Å². The monoisotopic (exact) mass is 556 g/mol. The van der Waals surface area contributed by atoms with Gasteiger partial charge >= 0.3 is 11.4 Å². The number of hydrogen-bond donors (Lipinski definition) is 0. The SMILES string of the molecule is C=C[S@@](=O)c1sc(Cl)c(N2CCN(c3c(Cl)sc([S@](=O)C=C)c3[N+](=O)[O-])CC2)c1[N+](=O)[O-]. The lowest BCUT2D eigenvalue weighted by Gasteiger charge is -2.36. The summed E-state index contributed by atoms with van der Waals surface area (Å²) in [5.74, 6) is 0. The number of nitrogens with zero attached hydrogens (tertiary/aromatic N) is 4. The predicted octanol–water partition coefficient (Wildman–Crippen LogP) is 4.76. The molecule has 0 aliphatic carbocycles. The topological polar surface area (TPSA) is 127 Å². The van der Waals surface area contributed by atoms with E-state index in [2.05, 4.69) is 13.2 Å². The van der Waals surface area contributed by atoms with E-state index in [4.69, 9.17) is 23.2 Å². The molecule has 0 saturated carbocycles. The second-order valence-electron chi connectivity index (χ2n) is 6.14. The van der Waals surface area contributed by atoms with Crippen molar-refractivity contribution in [1.82, 2.24) is 0 Å². The minimum absolute atomic E-state index is 0.000456. The van der Waals surface area contributed by atoms with Crippen LogP contribution in [0.5, 0.6) is 0 Å². The summed E-state index contributed by atoms with van der Waals surface area (Å²) in [4.78, 5) is 25.5. The van der Waals surface area contributed by atoms with Crippen LogP contribution in [0.4, 0.5) is 22.7 Å². The van der Waals surface area contributed by atoms with Crippen LogP contribution in [0.15, 0.2) is 32.4 Å². The zero-order valence-electron chi connectivity index (χ0n) is 16.0. The highest BCUT2D eigenvalue weighted by Crippen LogP contribution is 2.49. The van der Waals surface area contributed by atoms with Crippen molar-refractivity contribution in [3.63, 3.8) is 0 Å². The molecule has 2 aromatic heterocycles. The van der Waals surface area contributed by atoms with Gasteiger partial charge in [0.25, 0.3) is 0 Å². The molecular formula is C16H14Cl2N4O6S4. The summed E-state index contributed by atoms with van der Waals surface area (Å²) >= 11 is 14.2. The Morgan fingerprint density at radius 3 is 1.38 bits per heavy atom. The van der Waals surface area contributed by atoms with Crippen LogP contribution in [-0.4, -0.2) is 44.4 Å². The number of rotatable bonds is 8. The standard InChI is InChI=1S/C16H14Cl2N4O6S4/c1-3-31(27)15-11(21(23)24)9(13(17)29-15)19-5-7-20(8-6-19)10-12(22(25)26)16(30-14(10)18)32(28)4-2/h3-4H,1-2,5-8H2/t31-,32-/m1/s1. The third-order valence-corrected chi connectivity index (χ3v) is 10.0. The van der Waals surface area contributed by atoms with E-state index in [1.54, 1.807) is 9.80 Å². The van der Waals surface area contributed by atoms with Crippen LogP contribution in [0.25, 0.3) is 0 Å². The maximum Gasteiger partial charge on any atom is 0.321 e. The van der Waals surface area contributed by atoms with Crippen LogP contribution in [-0.2, 0) is 21.6 Å². The van der Waals surface area contributed by atoms with Gasteiger partial charge in [0, 0.05) is 37.0 Å². The molecule has 1 fully saturated rings. The minimum atomic E-state index is -1.78. The largest absolute Gasteiger partial charge is 0.360 e. The van der Waals surface area contributed by atoms with E-state index in [1.807, 2.05) is 0 Å². The van der Waals surface area contributed by atoms with Gasteiger partial charge in [0.2, 0.25) is 0 Å². The zero-order chi connectivity index (χ0) is 23.7. The molecule has 172 valence electrons. The number of anilines is 2. The summed E-state index contributed by atoms with van der Waals surface area (Å²) in [7, 11) is -3.55. The van der Waals surface area contributed by atoms with Crippen molar-refractivity contribution in [3.8, 4) is 0 Å². The lowest BCUT2D eigenvalue weighted by Crippen LogP contribution is -2.46. The van der Waals surface area contributed by atoms with Gasteiger partial charge in [-0.3, -0.25) is 20.2 Å². The van der Waals surface area contributed by atoms with Crippen molar-refractivity contribution < 1.29 is 18.3 Å². The van der Waals surface area contributed by atoms with Gasteiger partial charge in [0.1, 0.15) is 20.0 Å². The van der Waals surface area contributed by atoms with E-state index in [-0.39, 0.29) is 66.0 Å². The van der Waals surface area contributed by atoms with Crippen LogP contribution >= 0.6 is 45.9 Å². The van der Waals surface area contributed by atoms with Crippen LogP contribution < -0.4 is 9.80 Å². The summed E-state index contributed by atoms with van der Waals surface area (Å²) in [6, 6.07) is 0. The normalized spacial score (nSPS) is 15.9. The Hall–Kier alpha value is -1.84. The maximum absolute atomic E-state index is 12.1. The Morgan fingerprint density at radius 1 is 0.812 bits per heavy atom. The molecule has 0 unspecified atom stereocenters. The van der Waals surface area contributed by atoms with E-state index < -0.39 is 31.4 Å². The summed E-state index contributed by atoms with van der Waals surface area (Å²) in [5, 5.41) is 25.6. The van der Waals surface area contributed by atoms with Gasteiger partial charge in [-0.1, -0.05) is 36.4 Å². The molecule has 0 aromatic carbocycles. The molecule has 0 amide bonds. The molecule has 0 bridgehead atoms. The number of nitro groups is 2. The Balaban J connectivity index is 1.94. The summed E-state index contributed by atoms with van der Waals surface area (Å²) in [6.45, 7) is 7.77. The van der Waals surface area contributed by atoms with Gasteiger partial charge in [-0.15, -0.1) is 22.7 Å². The fraction of sp³-hybridized carbons (Fsp3) is 0.250. The molecule has 10 nitrogen and oxygen atoms in total. The third kappa shape index (κ3) is 4.47. The molecule has 3 heterocycles. The lowest BCUT2D eigenvalue weighted by molar-refractivity contribution is -0.386. The Morgan fingerprint density at radius 2 is 1.12 bits per heavy atom.